The quantitative estimate of drug-likeness (QED) is 0.467. The molecule has 0 bridgehead atoms. The molecule has 1 aromatic carbocycles. The lowest BCUT2D eigenvalue weighted by molar-refractivity contribution is 0.0528. The maximum absolute atomic E-state index is 13.0. The predicted octanol–water partition coefficient (Wildman–Crippen LogP) is 4.62. The van der Waals surface area contributed by atoms with Crippen molar-refractivity contribution < 1.29 is 18.8 Å². The molecule has 8 heteroatoms. The van der Waals surface area contributed by atoms with E-state index in [2.05, 4.69) is 10.5 Å². The second-order valence-electron chi connectivity index (χ2n) is 6.47. The highest BCUT2D eigenvalue weighted by Crippen LogP contribution is 2.33. The van der Waals surface area contributed by atoms with Crippen LogP contribution >= 0.6 is 22.9 Å². The maximum atomic E-state index is 13.0. The number of carbonyl (C=O) groups excluding carboxylic acids is 1. The van der Waals surface area contributed by atoms with Gasteiger partial charge in [0.25, 0.3) is 5.91 Å². The van der Waals surface area contributed by atoms with E-state index in [9.17, 15) is 9.90 Å². The van der Waals surface area contributed by atoms with E-state index in [0.717, 1.165) is 0 Å². The van der Waals surface area contributed by atoms with E-state index in [4.69, 9.17) is 20.5 Å². The average Bonchev–Trinajstić information content (AvgIpc) is 3.47. The minimum absolute atomic E-state index is 0.0946. The van der Waals surface area contributed by atoms with Crippen LogP contribution in [0.3, 0.4) is 0 Å². The molecule has 0 saturated heterocycles. The summed E-state index contributed by atoms with van der Waals surface area (Å²) in [6.07, 6.45) is 1.48. The molecule has 2 N–H and O–H groups in total. The number of halogens is 1. The highest BCUT2D eigenvalue weighted by molar-refractivity contribution is 7.08. The van der Waals surface area contributed by atoms with Gasteiger partial charge in [-0.05, 0) is 41.9 Å². The lowest BCUT2D eigenvalue weighted by Gasteiger charge is -2.25. The summed E-state index contributed by atoms with van der Waals surface area (Å²) in [5.41, 5.74) is 0.337. The standard InChI is InChI=1S/C21H17ClN2O4S/c1-13-18(19(24-28-13)15-5-2-3-6-16(15)22)20(25)23-12-21(26,14-8-10-29-11-14)17-7-4-9-27-17/h2-11,26H,12H2,1H3,(H,23,25)/t21-/m0/s1. The summed E-state index contributed by atoms with van der Waals surface area (Å²) < 4.78 is 10.7. The van der Waals surface area contributed by atoms with Gasteiger partial charge in [-0.15, -0.1) is 0 Å². The van der Waals surface area contributed by atoms with Crippen molar-refractivity contribution in [2.75, 3.05) is 6.54 Å². The number of aromatic nitrogens is 1. The fourth-order valence-electron chi connectivity index (χ4n) is 3.12. The van der Waals surface area contributed by atoms with E-state index in [1.165, 1.54) is 17.6 Å². The minimum atomic E-state index is -1.51. The molecule has 6 nitrogen and oxygen atoms in total. The Morgan fingerprint density at radius 1 is 1.28 bits per heavy atom. The number of benzene rings is 1. The van der Waals surface area contributed by atoms with Crippen LogP contribution in [0.1, 0.15) is 27.4 Å². The first-order valence-electron chi connectivity index (χ1n) is 8.79. The summed E-state index contributed by atoms with van der Waals surface area (Å²) in [4.78, 5) is 13.0. The van der Waals surface area contributed by atoms with Crippen molar-refractivity contribution in [3.63, 3.8) is 0 Å². The zero-order chi connectivity index (χ0) is 20.4. The predicted molar refractivity (Wildman–Crippen MR) is 110 cm³/mol. The second-order valence-corrected chi connectivity index (χ2v) is 7.66. The van der Waals surface area contributed by atoms with Crippen LogP contribution in [-0.4, -0.2) is 22.7 Å². The average molecular weight is 429 g/mol. The van der Waals surface area contributed by atoms with Crippen LogP contribution in [0.4, 0.5) is 0 Å². The van der Waals surface area contributed by atoms with Gasteiger partial charge in [0.05, 0.1) is 17.8 Å². The Labute approximate surface area is 175 Å². The van der Waals surface area contributed by atoms with Gasteiger partial charge in [0.15, 0.2) is 5.60 Å². The van der Waals surface area contributed by atoms with Gasteiger partial charge in [-0.3, -0.25) is 4.79 Å². The van der Waals surface area contributed by atoms with E-state index < -0.39 is 11.5 Å². The highest BCUT2D eigenvalue weighted by atomic mass is 35.5. The fourth-order valence-corrected chi connectivity index (χ4v) is 4.07. The number of furan rings is 1. The molecule has 0 aliphatic carbocycles. The number of hydrogen-bond donors (Lipinski definition) is 2. The molecule has 3 heterocycles. The monoisotopic (exact) mass is 428 g/mol. The third-order valence-electron chi connectivity index (χ3n) is 4.65. The van der Waals surface area contributed by atoms with E-state index >= 15 is 0 Å². The van der Waals surface area contributed by atoms with Crippen LogP contribution in [0, 0.1) is 6.92 Å². The number of hydrogen-bond acceptors (Lipinski definition) is 6. The zero-order valence-electron chi connectivity index (χ0n) is 15.4. The van der Waals surface area contributed by atoms with Gasteiger partial charge >= 0.3 is 0 Å². The van der Waals surface area contributed by atoms with Crippen LogP contribution in [0.2, 0.25) is 5.02 Å². The molecular weight excluding hydrogens is 412 g/mol. The van der Waals surface area contributed by atoms with Gasteiger partial charge in [-0.25, -0.2) is 0 Å². The number of aryl methyl sites for hydroxylation is 1. The second kappa shape index (κ2) is 7.87. The Kier molecular flexibility index (Phi) is 5.27. The van der Waals surface area contributed by atoms with Gasteiger partial charge in [-0.1, -0.05) is 35.0 Å². The Morgan fingerprint density at radius 2 is 2.10 bits per heavy atom. The molecule has 0 unspecified atom stereocenters. The molecule has 0 radical (unpaired) electrons. The molecule has 1 amide bonds. The molecule has 0 aliphatic heterocycles. The Morgan fingerprint density at radius 3 is 2.79 bits per heavy atom. The van der Waals surface area contributed by atoms with Crippen molar-refractivity contribution in [3.8, 4) is 11.3 Å². The zero-order valence-corrected chi connectivity index (χ0v) is 17.0. The molecule has 4 aromatic rings. The number of carbonyl (C=O) groups is 1. The Balaban J connectivity index is 1.64. The van der Waals surface area contributed by atoms with Crippen LogP contribution in [-0.2, 0) is 5.60 Å². The normalized spacial score (nSPS) is 13.2. The van der Waals surface area contributed by atoms with Crippen molar-refractivity contribution in [3.05, 3.63) is 87.2 Å². The third kappa shape index (κ3) is 3.60. The molecule has 0 saturated carbocycles. The van der Waals surface area contributed by atoms with Crippen molar-refractivity contribution in [2.24, 2.45) is 0 Å². The van der Waals surface area contributed by atoms with Crippen molar-refractivity contribution in [1.82, 2.24) is 10.5 Å². The molecule has 0 fully saturated rings. The van der Waals surface area contributed by atoms with Crippen molar-refractivity contribution >= 4 is 28.8 Å². The SMILES string of the molecule is Cc1onc(-c2ccccc2Cl)c1C(=O)NC[C@](O)(c1ccsc1)c1ccco1. The Hall–Kier alpha value is -2.87. The van der Waals surface area contributed by atoms with Gasteiger partial charge in [0, 0.05) is 11.1 Å². The molecular formula is C21H17ClN2O4S. The molecule has 1 atom stereocenters. The maximum Gasteiger partial charge on any atom is 0.257 e. The summed E-state index contributed by atoms with van der Waals surface area (Å²) in [5.74, 6) is 0.262. The van der Waals surface area contributed by atoms with Crippen LogP contribution in [0.25, 0.3) is 11.3 Å². The van der Waals surface area contributed by atoms with E-state index in [1.54, 1.807) is 49.4 Å². The largest absolute Gasteiger partial charge is 0.466 e. The first-order valence-corrected chi connectivity index (χ1v) is 10.1. The summed E-state index contributed by atoms with van der Waals surface area (Å²) in [5, 5.41) is 22.2. The number of aliphatic hydroxyl groups is 1. The minimum Gasteiger partial charge on any atom is -0.466 e. The number of thiophene rings is 1. The summed E-state index contributed by atoms with van der Waals surface area (Å²) in [7, 11) is 0. The number of nitrogens with zero attached hydrogens (tertiary/aromatic N) is 1. The topological polar surface area (TPSA) is 88.5 Å². The third-order valence-corrected chi connectivity index (χ3v) is 5.66. The van der Waals surface area contributed by atoms with E-state index in [1.807, 2.05) is 10.8 Å². The first-order chi connectivity index (χ1) is 14.0. The van der Waals surface area contributed by atoms with E-state index in [-0.39, 0.29) is 12.1 Å². The van der Waals surface area contributed by atoms with Crippen molar-refractivity contribution in [2.45, 2.75) is 12.5 Å². The highest BCUT2D eigenvalue weighted by Gasteiger charge is 2.36. The van der Waals surface area contributed by atoms with Crippen molar-refractivity contribution in [1.29, 1.82) is 0 Å². The lowest BCUT2D eigenvalue weighted by atomic mass is 9.93. The van der Waals surface area contributed by atoms with Gasteiger partial charge in [-0.2, -0.15) is 11.3 Å². The summed E-state index contributed by atoms with van der Waals surface area (Å²) in [6, 6.07) is 12.2. The number of nitrogens with one attached hydrogen (secondary N) is 1. The fraction of sp³-hybridized carbons (Fsp3) is 0.143. The van der Waals surface area contributed by atoms with Crippen LogP contribution < -0.4 is 5.32 Å². The van der Waals surface area contributed by atoms with Gasteiger partial charge in [0.1, 0.15) is 22.8 Å². The number of amides is 1. The molecule has 148 valence electrons. The lowest BCUT2D eigenvalue weighted by Crippen LogP contribution is -2.41. The smallest absolute Gasteiger partial charge is 0.257 e. The van der Waals surface area contributed by atoms with Crippen LogP contribution in [0.5, 0.6) is 0 Å². The first kappa shape index (κ1) is 19.4. The Bertz CT molecular complexity index is 1090. The molecule has 29 heavy (non-hydrogen) atoms. The molecule has 4 rings (SSSR count). The molecule has 0 aliphatic rings. The molecule has 3 aromatic heterocycles. The number of rotatable bonds is 6. The molecule has 0 spiro atoms. The van der Waals surface area contributed by atoms with Gasteiger partial charge in [0.2, 0.25) is 0 Å². The summed E-state index contributed by atoms with van der Waals surface area (Å²) in [6.45, 7) is 1.56. The van der Waals surface area contributed by atoms with E-state index in [0.29, 0.717) is 33.4 Å². The van der Waals surface area contributed by atoms with Crippen LogP contribution in [0.15, 0.2) is 68.4 Å². The summed E-state index contributed by atoms with van der Waals surface area (Å²) >= 11 is 7.71. The van der Waals surface area contributed by atoms with Gasteiger partial charge < -0.3 is 19.4 Å².